The van der Waals surface area contributed by atoms with Gasteiger partial charge in [-0.1, -0.05) is 42.0 Å². The Kier molecular flexibility index (Phi) is 7.51. The minimum absolute atomic E-state index is 0.409. The van der Waals surface area contributed by atoms with Crippen LogP contribution >= 0.6 is 0 Å². The number of aromatic nitrogens is 1. The molecule has 0 radical (unpaired) electrons. The summed E-state index contributed by atoms with van der Waals surface area (Å²) in [4.78, 5) is 29.4. The number of aliphatic carboxylic acids is 1. The molecule has 1 aliphatic heterocycles. The Morgan fingerprint density at radius 3 is 2.57 bits per heavy atom. The van der Waals surface area contributed by atoms with Crippen LogP contribution in [-0.4, -0.2) is 53.0 Å². The molecule has 0 bridgehead atoms. The van der Waals surface area contributed by atoms with Crippen LogP contribution in [-0.2, 0) is 9.59 Å². The number of hydrogen-bond acceptors (Lipinski definition) is 4. The number of hydrogen-bond donors (Lipinski definition) is 2. The number of carbonyl (C=O) groups is 2. The minimum Gasteiger partial charge on any atom is -0.480 e. The highest BCUT2D eigenvalue weighted by atomic mass is 16.4. The molecule has 2 heterocycles. The lowest BCUT2D eigenvalue weighted by atomic mass is 10.00. The van der Waals surface area contributed by atoms with Crippen molar-refractivity contribution >= 4 is 23.5 Å². The van der Waals surface area contributed by atoms with Gasteiger partial charge in [-0.15, -0.1) is 0 Å². The van der Waals surface area contributed by atoms with E-state index in [9.17, 15) is 9.59 Å². The molecular formula is C24H27N3O3. The summed E-state index contributed by atoms with van der Waals surface area (Å²) in [6, 6.07) is 14.1. The monoisotopic (exact) mass is 405 g/mol. The first-order valence-electron chi connectivity index (χ1n) is 10.2. The third-order valence-electron chi connectivity index (χ3n) is 4.98. The van der Waals surface area contributed by atoms with E-state index < -0.39 is 18.4 Å². The third-order valence-corrected chi connectivity index (χ3v) is 4.98. The predicted octanol–water partition coefficient (Wildman–Crippen LogP) is 3.13. The predicted molar refractivity (Wildman–Crippen MR) is 118 cm³/mol. The van der Waals surface area contributed by atoms with Gasteiger partial charge >= 0.3 is 5.97 Å². The summed E-state index contributed by atoms with van der Waals surface area (Å²) in [5, 5.41) is 10.9. The molecule has 1 aromatic heterocycles. The van der Waals surface area contributed by atoms with Crippen molar-refractivity contribution in [2.24, 2.45) is 0 Å². The number of benzene rings is 1. The first-order chi connectivity index (χ1) is 14.5. The topological polar surface area (TPSA) is 82.5 Å². The van der Waals surface area contributed by atoms with Gasteiger partial charge in [0.15, 0.2) is 0 Å². The molecule has 1 amide bonds. The van der Waals surface area contributed by atoms with Crippen molar-refractivity contribution in [3.05, 3.63) is 77.1 Å². The Morgan fingerprint density at radius 2 is 1.87 bits per heavy atom. The second-order valence-corrected chi connectivity index (χ2v) is 7.38. The lowest BCUT2D eigenvalue weighted by molar-refractivity contribution is -0.137. The van der Waals surface area contributed by atoms with Gasteiger partial charge in [-0.2, -0.15) is 0 Å². The summed E-state index contributed by atoms with van der Waals surface area (Å²) in [7, 11) is 0. The number of rotatable bonds is 8. The molecular weight excluding hydrogens is 378 g/mol. The van der Waals surface area contributed by atoms with Crippen molar-refractivity contribution < 1.29 is 14.7 Å². The molecule has 1 fully saturated rings. The highest BCUT2D eigenvalue weighted by Crippen LogP contribution is 2.23. The highest BCUT2D eigenvalue weighted by molar-refractivity contribution is 5.93. The van der Waals surface area contributed by atoms with Gasteiger partial charge in [-0.05, 0) is 56.6 Å². The fraction of sp³-hybridized carbons (Fsp3) is 0.292. The fourth-order valence-electron chi connectivity index (χ4n) is 3.37. The van der Waals surface area contributed by atoms with E-state index in [-0.39, 0.29) is 0 Å². The van der Waals surface area contributed by atoms with Crippen LogP contribution in [0.1, 0.15) is 35.4 Å². The van der Waals surface area contributed by atoms with Gasteiger partial charge in [0.1, 0.15) is 6.54 Å². The summed E-state index contributed by atoms with van der Waals surface area (Å²) in [5.41, 5.74) is 4.85. The highest BCUT2D eigenvalue weighted by Gasteiger charge is 2.12. The molecule has 0 unspecified atom stereocenters. The summed E-state index contributed by atoms with van der Waals surface area (Å²) >= 11 is 0. The zero-order valence-electron chi connectivity index (χ0n) is 17.2. The van der Waals surface area contributed by atoms with Crippen LogP contribution < -0.4 is 5.32 Å². The third kappa shape index (κ3) is 6.39. The zero-order valence-corrected chi connectivity index (χ0v) is 17.2. The summed E-state index contributed by atoms with van der Waals surface area (Å²) in [6.45, 7) is 4.78. The number of amides is 1. The Labute approximate surface area is 176 Å². The molecule has 0 atom stereocenters. The fourth-order valence-corrected chi connectivity index (χ4v) is 3.37. The van der Waals surface area contributed by atoms with Crippen molar-refractivity contribution in [3.8, 4) is 0 Å². The van der Waals surface area contributed by atoms with E-state index in [0.29, 0.717) is 5.69 Å². The summed E-state index contributed by atoms with van der Waals surface area (Å²) in [6.07, 6.45) is 7.61. The smallest absolute Gasteiger partial charge is 0.322 e. The van der Waals surface area contributed by atoms with Gasteiger partial charge in [0.05, 0.1) is 11.4 Å². The number of carboxylic acids is 1. The molecule has 3 rings (SSSR count). The zero-order chi connectivity index (χ0) is 21.3. The van der Waals surface area contributed by atoms with Crippen LogP contribution in [0.2, 0.25) is 0 Å². The van der Waals surface area contributed by atoms with Gasteiger partial charge in [0.25, 0.3) is 0 Å². The maximum atomic E-state index is 11.7. The number of pyridine rings is 1. The molecule has 1 aliphatic rings. The van der Waals surface area contributed by atoms with Crippen LogP contribution in [0.15, 0.2) is 54.6 Å². The first-order valence-corrected chi connectivity index (χ1v) is 10.2. The van der Waals surface area contributed by atoms with Crippen molar-refractivity contribution in [2.45, 2.75) is 19.8 Å². The maximum absolute atomic E-state index is 11.7. The second-order valence-electron chi connectivity index (χ2n) is 7.38. The molecule has 0 spiro atoms. The average molecular weight is 405 g/mol. The van der Waals surface area contributed by atoms with Crippen LogP contribution in [0, 0.1) is 6.92 Å². The van der Waals surface area contributed by atoms with Crippen LogP contribution in [0.25, 0.3) is 11.6 Å². The van der Waals surface area contributed by atoms with Crippen molar-refractivity contribution in [2.75, 3.05) is 26.2 Å². The Hall–Kier alpha value is -3.25. The van der Waals surface area contributed by atoms with Gasteiger partial charge in [0.2, 0.25) is 5.91 Å². The number of carbonyl (C=O) groups excluding carboxylic acids is 1. The van der Waals surface area contributed by atoms with E-state index in [4.69, 9.17) is 10.1 Å². The number of likely N-dealkylation sites (tertiary alicyclic amines) is 1. The SMILES string of the molecule is Cc1ccc(C(=CCN2CCCC2)c2cccc(C=CC(=O)NCC(=O)O)n2)cc1. The molecule has 6 nitrogen and oxygen atoms in total. The molecule has 0 aliphatic carbocycles. The Bertz CT molecular complexity index is 942. The second kappa shape index (κ2) is 10.5. The number of nitrogens with zero attached hydrogens (tertiary/aromatic N) is 2. The minimum atomic E-state index is -1.08. The summed E-state index contributed by atoms with van der Waals surface area (Å²) in [5.74, 6) is -1.55. The van der Waals surface area contributed by atoms with Crippen molar-refractivity contribution in [1.29, 1.82) is 0 Å². The van der Waals surface area contributed by atoms with E-state index >= 15 is 0 Å². The normalized spacial score (nSPS) is 14.9. The van der Waals surface area contributed by atoms with Gasteiger partial charge in [0, 0.05) is 18.2 Å². The Morgan fingerprint density at radius 1 is 1.13 bits per heavy atom. The molecule has 6 heteroatoms. The first kappa shape index (κ1) is 21.5. The molecule has 2 N–H and O–H groups in total. The summed E-state index contributed by atoms with van der Waals surface area (Å²) < 4.78 is 0. The van der Waals surface area contributed by atoms with Gasteiger partial charge in [-0.3, -0.25) is 14.5 Å². The van der Waals surface area contributed by atoms with Crippen molar-refractivity contribution in [3.63, 3.8) is 0 Å². The lowest BCUT2D eigenvalue weighted by Gasteiger charge is -2.14. The molecule has 1 aromatic carbocycles. The van der Waals surface area contributed by atoms with E-state index in [0.717, 1.165) is 36.5 Å². The molecule has 2 aromatic rings. The van der Waals surface area contributed by atoms with Crippen LogP contribution in [0.5, 0.6) is 0 Å². The number of aryl methyl sites for hydroxylation is 1. The maximum Gasteiger partial charge on any atom is 0.322 e. The Balaban J connectivity index is 1.83. The van der Waals surface area contributed by atoms with E-state index in [1.807, 2.05) is 18.2 Å². The van der Waals surface area contributed by atoms with Crippen LogP contribution in [0.3, 0.4) is 0 Å². The molecule has 1 saturated heterocycles. The van der Waals surface area contributed by atoms with E-state index in [1.54, 1.807) is 6.08 Å². The van der Waals surface area contributed by atoms with Gasteiger partial charge in [-0.25, -0.2) is 4.98 Å². The standard InChI is InChI=1S/C24H27N3O3/c1-18-7-9-19(10-8-18)21(13-16-27-14-2-3-15-27)22-6-4-5-20(26-22)11-12-23(28)25-17-24(29)30/h4-13H,2-3,14-17H2,1H3,(H,25,28)(H,29,30). The quantitative estimate of drug-likeness (QED) is 0.660. The molecule has 0 saturated carbocycles. The molecule has 30 heavy (non-hydrogen) atoms. The average Bonchev–Trinajstić information content (AvgIpc) is 3.26. The number of carboxylic acid groups (broad SMARTS) is 1. The van der Waals surface area contributed by atoms with E-state index in [2.05, 4.69) is 47.5 Å². The van der Waals surface area contributed by atoms with Crippen molar-refractivity contribution in [1.82, 2.24) is 15.2 Å². The largest absolute Gasteiger partial charge is 0.480 e. The van der Waals surface area contributed by atoms with Crippen LogP contribution in [0.4, 0.5) is 0 Å². The van der Waals surface area contributed by atoms with Gasteiger partial charge < -0.3 is 10.4 Å². The number of nitrogens with one attached hydrogen (secondary N) is 1. The molecule has 156 valence electrons. The van der Waals surface area contributed by atoms with E-state index in [1.165, 1.54) is 24.5 Å². The lowest BCUT2D eigenvalue weighted by Crippen LogP contribution is -2.27.